The summed E-state index contributed by atoms with van der Waals surface area (Å²) in [5, 5.41) is 8.18. The molecule has 1 aliphatic rings. The molecule has 1 fully saturated rings. The second kappa shape index (κ2) is 9.92. The van der Waals surface area contributed by atoms with E-state index in [1.807, 2.05) is 18.2 Å². The Balaban J connectivity index is 1.23. The van der Waals surface area contributed by atoms with Crippen LogP contribution in [0.1, 0.15) is 16.9 Å². The lowest BCUT2D eigenvalue weighted by Crippen LogP contribution is -2.44. The first-order chi connectivity index (χ1) is 19.3. The lowest BCUT2D eigenvalue weighted by Gasteiger charge is -2.24. The number of aromatic amines is 1. The minimum atomic E-state index is -1.43. The molecule has 0 aliphatic carbocycles. The molecule has 1 saturated heterocycles. The van der Waals surface area contributed by atoms with E-state index in [-0.39, 0.29) is 36.5 Å². The van der Waals surface area contributed by atoms with Gasteiger partial charge in [0.25, 0.3) is 5.91 Å². The van der Waals surface area contributed by atoms with Gasteiger partial charge in [0.15, 0.2) is 11.5 Å². The topological polar surface area (TPSA) is 126 Å². The molecule has 0 saturated carbocycles. The third-order valence-corrected chi connectivity index (χ3v) is 7.17. The van der Waals surface area contributed by atoms with E-state index in [1.54, 1.807) is 48.7 Å². The maximum Gasteiger partial charge on any atom is 0.269 e. The summed E-state index contributed by atoms with van der Waals surface area (Å²) in [6.45, 7) is -0.632. The minimum Gasteiger partial charge on any atom is -0.364 e. The molecule has 3 amide bonds. The third kappa shape index (κ3) is 4.45. The number of likely N-dealkylation sites (tertiary alicyclic amines) is 1. The number of benzene rings is 3. The molecule has 1 aliphatic heterocycles. The first-order valence-electron chi connectivity index (χ1n) is 12.7. The van der Waals surface area contributed by atoms with Crippen molar-refractivity contribution >= 4 is 45.2 Å². The Hall–Kier alpha value is -5.06. The molecule has 11 heteroatoms. The first kappa shape index (κ1) is 25.2. The van der Waals surface area contributed by atoms with Crippen molar-refractivity contribution in [2.24, 2.45) is 5.73 Å². The van der Waals surface area contributed by atoms with Gasteiger partial charge in [0, 0.05) is 29.1 Å². The van der Waals surface area contributed by atoms with Crippen LogP contribution in [0.25, 0.3) is 32.9 Å². The third-order valence-electron chi connectivity index (χ3n) is 7.17. The van der Waals surface area contributed by atoms with Crippen LogP contribution in [0, 0.1) is 5.82 Å². The number of rotatable bonds is 6. The van der Waals surface area contributed by atoms with Gasteiger partial charge in [-0.15, -0.1) is 0 Å². The summed E-state index contributed by atoms with van der Waals surface area (Å²) in [6, 6.07) is 17.6. The summed E-state index contributed by atoms with van der Waals surface area (Å²) in [5.41, 5.74) is 7.61. The van der Waals surface area contributed by atoms with Gasteiger partial charge in [0.05, 0.1) is 17.7 Å². The Morgan fingerprint density at radius 2 is 1.90 bits per heavy atom. The van der Waals surface area contributed by atoms with Gasteiger partial charge >= 0.3 is 0 Å². The number of primary amides is 1. The van der Waals surface area contributed by atoms with Crippen LogP contribution < -0.4 is 11.1 Å². The molecule has 0 radical (unpaired) electrons. The average Bonchev–Trinajstić information content (AvgIpc) is 3.66. The van der Waals surface area contributed by atoms with Crippen molar-refractivity contribution in [1.29, 1.82) is 0 Å². The van der Waals surface area contributed by atoms with E-state index < -0.39 is 35.8 Å². The summed E-state index contributed by atoms with van der Waals surface area (Å²) < 4.78 is 31.4. The number of nitrogens with zero attached hydrogens (tertiary/aromatic N) is 3. The summed E-state index contributed by atoms with van der Waals surface area (Å²) in [6.07, 6.45) is 0.132. The van der Waals surface area contributed by atoms with Crippen molar-refractivity contribution < 1.29 is 23.2 Å². The zero-order chi connectivity index (χ0) is 28.0. The number of nitrogens with one attached hydrogen (secondary N) is 2. The molecule has 202 valence electrons. The second-order valence-electron chi connectivity index (χ2n) is 9.72. The molecule has 5 aromatic rings. The van der Waals surface area contributed by atoms with Crippen molar-refractivity contribution in [1.82, 2.24) is 19.7 Å². The number of H-pyrrole nitrogens is 1. The summed E-state index contributed by atoms with van der Waals surface area (Å²) in [7, 11) is 0. The molecule has 6 rings (SSSR count). The Labute approximate surface area is 226 Å². The molecule has 9 nitrogen and oxygen atoms in total. The maximum absolute atomic E-state index is 15.5. The van der Waals surface area contributed by atoms with Gasteiger partial charge in [-0.05, 0) is 35.2 Å². The van der Waals surface area contributed by atoms with Crippen molar-refractivity contribution in [2.45, 2.75) is 25.2 Å². The van der Waals surface area contributed by atoms with E-state index >= 15 is 4.39 Å². The SMILES string of the molecule is NC(=O)c1nn(CC(=O)N2C[C@H](F)C[C@H]2C(=O)Nc2cccc(-c3ccc4cc[nH]c4c3)c2F)c2ccccc12. The highest BCUT2D eigenvalue weighted by Crippen LogP contribution is 2.31. The monoisotopic (exact) mass is 542 g/mol. The van der Waals surface area contributed by atoms with Gasteiger partial charge in [-0.3, -0.25) is 19.1 Å². The normalized spacial score (nSPS) is 17.0. The largest absolute Gasteiger partial charge is 0.364 e. The number of hydrogen-bond donors (Lipinski definition) is 3. The van der Waals surface area contributed by atoms with E-state index in [0.29, 0.717) is 16.5 Å². The van der Waals surface area contributed by atoms with E-state index in [2.05, 4.69) is 15.4 Å². The number of alkyl halides is 1. The van der Waals surface area contributed by atoms with Gasteiger partial charge in [-0.1, -0.05) is 42.5 Å². The second-order valence-corrected chi connectivity index (χ2v) is 9.72. The zero-order valence-corrected chi connectivity index (χ0v) is 21.1. The molecule has 0 bridgehead atoms. The minimum absolute atomic E-state index is 0.00764. The van der Waals surface area contributed by atoms with Crippen LogP contribution in [-0.4, -0.2) is 56.1 Å². The predicted molar refractivity (Wildman–Crippen MR) is 146 cm³/mol. The average molecular weight is 543 g/mol. The highest BCUT2D eigenvalue weighted by molar-refractivity contribution is 6.04. The molecule has 2 aromatic heterocycles. The number of aromatic nitrogens is 3. The van der Waals surface area contributed by atoms with Crippen molar-refractivity contribution in [3.8, 4) is 11.1 Å². The lowest BCUT2D eigenvalue weighted by atomic mass is 10.0. The molecule has 40 heavy (non-hydrogen) atoms. The number of carbonyl (C=O) groups is 3. The van der Waals surface area contributed by atoms with Gasteiger partial charge in [0.2, 0.25) is 11.8 Å². The van der Waals surface area contributed by atoms with Crippen LogP contribution in [0.2, 0.25) is 0 Å². The van der Waals surface area contributed by atoms with Crippen molar-refractivity contribution in [3.05, 3.63) is 84.4 Å². The molecule has 0 spiro atoms. The summed E-state index contributed by atoms with van der Waals surface area (Å²) in [4.78, 5) is 42.6. The Morgan fingerprint density at radius 3 is 2.73 bits per heavy atom. The summed E-state index contributed by atoms with van der Waals surface area (Å²) >= 11 is 0. The zero-order valence-electron chi connectivity index (χ0n) is 21.1. The van der Waals surface area contributed by atoms with E-state index in [4.69, 9.17) is 5.73 Å². The number of hydrogen-bond acceptors (Lipinski definition) is 4. The van der Waals surface area contributed by atoms with Gasteiger partial charge in [0.1, 0.15) is 18.8 Å². The van der Waals surface area contributed by atoms with E-state index in [0.717, 1.165) is 15.8 Å². The van der Waals surface area contributed by atoms with Gasteiger partial charge < -0.3 is 20.9 Å². The maximum atomic E-state index is 15.5. The predicted octanol–water partition coefficient (Wildman–Crippen LogP) is 4.00. The van der Waals surface area contributed by atoms with Crippen LogP contribution >= 0.6 is 0 Å². The number of para-hydroxylation sites is 1. The fourth-order valence-electron chi connectivity index (χ4n) is 5.24. The fourth-order valence-corrected chi connectivity index (χ4v) is 5.24. The molecular formula is C29H24F2N6O3. The Morgan fingerprint density at radius 1 is 1.07 bits per heavy atom. The molecular weight excluding hydrogens is 518 g/mol. The highest BCUT2D eigenvalue weighted by atomic mass is 19.1. The van der Waals surface area contributed by atoms with Crippen LogP contribution in [0.5, 0.6) is 0 Å². The van der Waals surface area contributed by atoms with E-state index in [9.17, 15) is 18.8 Å². The number of amides is 3. The molecule has 0 unspecified atom stereocenters. The fraction of sp³-hybridized carbons (Fsp3) is 0.172. The molecule has 3 heterocycles. The van der Waals surface area contributed by atoms with Crippen molar-refractivity contribution in [3.63, 3.8) is 0 Å². The quantitative estimate of drug-likeness (QED) is 0.300. The van der Waals surface area contributed by atoms with Crippen LogP contribution in [0.4, 0.5) is 14.5 Å². The first-order valence-corrected chi connectivity index (χ1v) is 12.7. The standard InChI is InChI=1S/C29H24F2N6O3/c30-18-13-24(36(14-18)25(38)15-37-23-7-2-1-4-20(23)27(35-37)28(32)39)29(40)34-21-6-3-5-19(26(21)31)17-9-8-16-10-11-33-22(16)12-17/h1-12,18,24,33H,13-15H2,(H2,32,39)(H,34,40)/t18-,24+/m1/s1. The number of nitrogens with two attached hydrogens (primary N) is 1. The molecule has 3 aromatic carbocycles. The Kier molecular flexibility index (Phi) is 6.25. The molecule has 4 N–H and O–H groups in total. The van der Waals surface area contributed by atoms with Crippen LogP contribution in [0.3, 0.4) is 0 Å². The number of carbonyl (C=O) groups excluding carboxylic acids is 3. The number of fused-ring (bicyclic) bond motifs is 2. The van der Waals surface area contributed by atoms with Crippen LogP contribution in [-0.2, 0) is 16.1 Å². The highest BCUT2D eigenvalue weighted by Gasteiger charge is 2.40. The summed E-state index contributed by atoms with van der Waals surface area (Å²) in [5.74, 6) is -2.66. The van der Waals surface area contributed by atoms with Gasteiger partial charge in [-0.2, -0.15) is 5.10 Å². The van der Waals surface area contributed by atoms with E-state index in [1.165, 1.54) is 10.7 Å². The van der Waals surface area contributed by atoms with Crippen LogP contribution in [0.15, 0.2) is 72.9 Å². The number of halogens is 2. The smallest absolute Gasteiger partial charge is 0.269 e. The molecule has 2 atom stereocenters. The van der Waals surface area contributed by atoms with Gasteiger partial charge in [-0.25, -0.2) is 8.78 Å². The number of anilines is 1. The lowest BCUT2D eigenvalue weighted by molar-refractivity contribution is -0.137. The van der Waals surface area contributed by atoms with Crippen molar-refractivity contribution in [2.75, 3.05) is 11.9 Å². The Bertz CT molecular complexity index is 1800.